The molecule has 1 atom stereocenters. The third-order valence-electron chi connectivity index (χ3n) is 3.61. The molecule has 1 aliphatic heterocycles. The summed E-state index contributed by atoms with van der Waals surface area (Å²) in [6.45, 7) is 0.885. The van der Waals surface area contributed by atoms with Crippen LogP contribution in [0.1, 0.15) is 12.8 Å². The molecule has 0 N–H and O–H groups in total. The molecule has 6 heteroatoms. The normalized spacial score (nSPS) is 18.1. The monoisotopic (exact) mass is 305 g/mol. The Bertz CT molecular complexity index is 609. The van der Waals surface area contributed by atoms with E-state index in [-0.39, 0.29) is 0 Å². The molecule has 1 aliphatic rings. The summed E-state index contributed by atoms with van der Waals surface area (Å²) in [4.78, 5) is 0. The maximum Gasteiger partial charge on any atom is 0.191 e. The van der Waals surface area contributed by atoms with Crippen molar-refractivity contribution in [2.24, 2.45) is 7.05 Å². The van der Waals surface area contributed by atoms with Gasteiger partial charge in [-0.05, 0) is 25.0 Å². The molecule has 1 aromatic carbocycles. The first-order valence-electron chi connectivity index (χ1n) is 7.07. The molecule has 1 fully saturated rings. The lowest BCUT2D eigenvalue weighted by atomic mass is 10.2. The number of hydrogen-bond acceptors (Lipinski definition) is 5. The van der Waals surface area contributed by atoms with Crippen molar-refractivity contribution < 1.29 is 9.47 Å². The highest BCUT2D eigenvalue weighted by atomic mass is 32.2. The van der Waals surface area contributed by atoms with Gasteiger partial charge in [-0.15, -0.1) is 10.2 Å². The fourth-order valence-electron chi connectivity index (χ4n) is 2.45. The summed E-state index contributed by atoms with van der Waals surface area (Å²) in [5, 5.41) is 9.51. The second kappa shape index (κ2) is 6.49. The first-order valence-corrected chi connectivity index (χ1v) is 8.05. The quantitative estimate of drug-likeness (QED) is 0.795. The van der Waals surface area contributed by atoms with Gasteiger partial charge in [0.1, 0.15) is 5.75 Å². The van der Waals surface area contributed by atoms with Crippen LogP contribution < -0.4 is 4.74 Å². The Morgan fingerprint density at radius 2 is 2.24 bits per heavy atom. The molecule has 1 saturated heterocycles. The van der Waals surface area contributed by atoms with E-state index < -0.39 is 0 Å². The van der Waals surface area contributed by atoms with E-state index in [0.29, 0.717) is 6.10 Å². The molecule has 0 amide bonds. The molecular weight excluding hydrogens is 286 g/mol. The summed E-state index contributed by atoms with van der Waals surface area (Å²) in [6, 6.07) is 7.86. The number of methoxy groups -OCH3 is 1. The van der Waals surface area contributed by atoms with Gasteiger partial charge < -0.3 is 14.0 Å². The van der Waals surface area contributed by atoms with Crippen LogP contribution >= 0.6 is 11.8 Å². The topological polar surface area (TPSA) is 49.2 Å². The SMILES string of the molecule is COc1ccccc1-c1nnc(SC[C@H]2CCCO2)n1C. The summed E-state index contributed by atoms with van der Waals surface area (Å²) < 4.78 is 13.1. The van der Waals surface area contributed by atoms with Crippen LogP contribution in [0.5, 0.6) is 5.75 Å². The lowest BCUT2D eigenvalue weighted by molar-refractivity contribution is 0.129. The molecular formula is C15H19N3O2S. The molecule has 1 aromatic heterocycles. The molecule has 0 aliphatic carbocycles. The minimum atomic E-state index is 0.349. The Balaban J connectivity index is 1.78. The molecule has 112 valence electrons. The van der Waals surface area contributed by atoms with Crippen molar-refractivity contribution >= 4 is 11.8 Å². The molecule has 0 radical (unpaired) electrons. The molecule has 0 bridgehead atoms. The number of benzene rings is 1. The van der Waals surface area contributed by atoms with Gasteiger partial charge in [0, 0.05) is 19.4 Å². The zero-order valence-corrected chi connectivity index (χ0v) is 13.1. The number of rotatable bonds is 5. The highest BCUT2D eigenvalue weighted by Crippen LogP contribution is 2.30. The first-order chi connectivity index (χ1) is 10.3. The molecule has 2 aromatic rings. The van der Waals surface area contributed by atoms with E-state index in [1.165, 1.54) is 0 Å². The van der Waals surface area contributed by atoms with Crippen molar-refractivity contribution in [2.45, 2.75) is 24.1 Å². The molecule has 2 heterocycles. The number of thioether (sulfide) groups is 1. The van der Waals surface area contributed by atoms with Gasteiger partial charge >= 0.3 is 0 Å². The number of para-hydroxylation sites is 1. The lowest BCUT2D eigenvalue weighted by Gasteiger charge is -2.09. The number of ether oxygens (including phenoxy) is 2. The van der Waals surface area contributed by atoms with Gasteiger partial charge in [-0.1, -0.05) is 23.9 Å². The predicted molar refractivity (Wildman–Crippen MR) is 82.7 cm³/mol. The molecule has 21 heavy (non-hydrogen) atoms. The zero-order valence-electron chi connectivity index (χ0n) is 12.3. The van der Waals surface area contributed by atoms with E-state index in [4.69, 9.17) is 9.47 Å². The summed E-state index contributed by atoms with van der Waals surface area (Å²) in [7, 11) is 3.65. The van der Waals surface area contributed by atoms with Crippen LogP contribution in [0.2, 0.25) is 0 Å². The molecule has 0 saturated carbocycles. The number of hydrogen-bond donors (Lipinski definition) is 0. The maximum absolute atomic E-state index is 5.64. The highest BCUT2D eigenvalue weighted by molar-refractivity contribution is 7.99. The van der Waals surface area contributed by atoms with E-state index >= 15 is 0 Å². The van der Waals surface area contributed by atoms with Crippen molar-refractivity contribution in [3.63, 3.8) is 0 Å². The van der Waals surface area contributed by atoms with Crippen molar-refractivity contribution in [3.05, 3.63) is 24.3 Å². The summed E-state index contributed by atoms with van der Waals surface area (Å²) in [5.74, 6) is 2.56. The fourth-order valence-corrected chi connectivity index (χ4v) is 3.42. The Morgan fingerprint density at radius 3 is 3.00 bits per heavy atom. The van der Waals surface area contributed by atoms with Crippen molar-refractivity contribution in [3.8, 4) is 17.1 Å². The standard InChI is InChI=1S/C15H19N3O2S/c1-18-14(12-7-3-4-8-13(12)19-2)16-17-15(18)21-10-11-6-5-9-20-11/h3-4,7-8,11H,5-6,9-10H2,1-2H3/t11-/m1/s1. The number of nitrogens with zero attached hydrogens (tertiary/aromatic N) is 3. The fraction of sp³-hybridized carbons (Fsp3) is 0.467. The van der Waals surface area contributed by atoms with Crippen molar-refractivity contribution in [1.82, 2.24) is 14.8 Å². The van der Waals surface area contributed by atoms with Gasteiger partial charge in [0.15, 0.2) is 11.0 Å². The van der Waals surface area contributed by atoms with E-state index in [1.54, 1.807) is 18.9 Å². The zero-order chi connectivity index (χ0) is 14.7. The highest BCUT2D eigenvalue weighted by Gasteiger charge is 2.19. The summed E-state index contributed by atoms with van der Waals surface area (Å²) >= 11 is 1.70. The van der Waals surface area contributed by atoms with Crippen LogP contribution in [0.4, 0.5) is 0 Å². The second-order valence-corrected chi connectivity index (χ2v) is 6.00. The van der Waals surface area contributed by atoms with Gasteiger partial charge in [0.2, 0.25) is 0 Å². The van der Waals surface area contributed by atoms with Crippen LogP contribution in [0.15, 0.2) is 29.4 Å². The predicted octanol–water partition coefficient (Wildman–Crippen LogP) is 2.76. The van der Waals surface area contributed by atoms with Crippen LogP contribution in [-0.2, 0) is 11.8 Å². The Kier molecular flexibility index (Phi) is 4.45. The van der Waals surface area contributed by atoms with Gasteiger partial charge in [-0.25, -0.2) is 0 Å². The summed E-state index contributed by atoms with van der Waals surface area (Å²) in [6.07, 6.45) is 2.65. The van der Waals surface area contributed by atoms with Gasteiger partial charge in [-0.2, -0.15) is 0 Å². The average molecular weight is 305 g/mol. The first kappa shape index (κ1) is 14.4. The van der Waals surface area contributed by atoms with Crippen LogP contribution in [0.3, 0.4) is 0 Å². The minimum Gasteiger partial charge on any atom is -0.496 e. The van der Waals surface area contributed by atoms with Crippen LogP contribution in [-0.4, -0.2) is 40.3 Å². The van der Waals surface area contributed by atoms with Gasteiger partial charge in [-0.3, -0.25) is 0 Å². The van der Waals surface area contributed by atoms with E-state index in [2.05, 4.69) is 10.2 Å². The van der Waals surface area contributed by atoms with Crippen molar-refractivity contribution in [1.29, 1.82) is 0 Å². The Hall–Kier alpha value is -1.53. The Labute approximate surface area is 128 Å². The molecule has 3 rings (SSSR count). The van der Waals surface area contributed by atoms with Crippen LogP contribution in [0, 0.1) is 0 Å². The third-order valence-corrected chi connectivity index (χ3v) is 4.76. The van der Waals surface area contributed by atoms with Gasteiger partial charge in [0.25, 0.3) is 0 Å². The van der Waals surface area contributed by atoms with Crippen LogP contribution in [0.25, 0.3) is 11.4 Å². The maximum atomic E-state index is 5.64. The lowest BCUT2D eigenvalue weighted by Crippen LogP contribution is -2.08. The molecule has 0 unspecified atom stereocenters. The average Bonchev–Trinajstić information content (AvgIpc) is 3.15. The molecule has 0 spiro atoms. The summed E-state index contributed by atoms with van der Waals surface area (Å²) in [5.41, 5.74) is 0.957. The third kappa shape index (κ3) is 3.06. The van der Waals surface area contributed by atoms with E-state index in [9.17, 15) is 0 Å². The van der Waals surface area contributed by atoms with E-state index in [0.717, 1.165) is 47.5 Å². The molecule has 5 nitrogen and oxygen atoms in total. The minimum absolute atomic E-state index is 0.349. The van der Waals surface area contributed by atoms with Crippen molar-refractivity contribution in [2.75, 3.05) is 19.5 Å². The number of aromatic nitrogens is 3. The second-order valence-electron chi connectivity index (χ2n) is 5.01. The smallest absolute Gasteiger partial charge is 0.191 e. The van der Waals surface area contributed by atoms with E-state index in [1.807, 2.05) is 35.9 Å². The largest absolute Gasteiger partial charge is 0.496 e. The van der Waals surface area contributed by atoms with Gasteiger partial charge in [0.05, 0.1) is 18.8 Å². The Morgan fingerprint density at radius 1 is 1.38 bits per heavy atom.